The molecule has 0 amide bonds. The molecule has 0 aliphatic heterocycles. The van der Waals surface area contributed by atoms with E-state index < -0.39 is 0 Å². The molecule has 0 aliphatic rings. The van der Waals surface area contributed by atoms with E-state index in [2.05, 4.69) is 0 Å². The molecule has 0 bridgehead atoms. The first kappa shape index (κ1) is 21.1. The Balaban J connectivity index is 2.09. The van der Waals surface area contributed by atoms with Crippen molar-refractivity contribution >= 4 is 22.7 Å². The monoisotopic (exact) mass is 426 g/mol. The average Bonchev–Trinajstić information content (AvgIpc) is 2.78. The van der Waals surface area contributed by atoms with E-state index in [1.807, 2.05) is 79.3 Å². The van der Waals surface area contributed by atoms with Crippen molar-refractivity contribution in [2.75, 3.05) is 10.0 Å². The second-order valence-electron chi connectivity index (χ2n) is 7.87. The quantitative estimate of drug-likeness (QED) is 0.313. The second-order valence-corrected chi connectivity index (χ2v) is 7.87. The van der Waals surface area contributed by atoms with E-state index in [9.17, 15) is 15.3 Å². The third-order valence-corrected chi connectivity index (χ3v) is 5.46. The lowest BCUT2D eigenvalue weighted by Gasteiger charge is -2.40. The van der Waals surface area contributed by atoms with Gasteiger partial charge in [-0.2, -0.15) is 0 Å². The van der Waals surface area contributed by atoms with Crippen molar-refractivity contribution < 1.29 is 15.3 Å². The molecule has 0 heterocycles. The van der Waals surface area contributed by atoms with Crippen LogP contribution in [-0.2, 0) is 0 Å². The number of hydrazine groups is 1. The molecule has 0 atom stereocenters. The molecule has 0 saturated heterocycles. The van der Waals surface area contributed by atoms with Crippen LogP contribution in [0.4, 0.5) is 22.7 Å². The largest absolute Gasteiger partial charge is 0.508 e. The van der Waals surface area contributed by atoms with E-state index in [0.29, 0.717) is 0 Å². The van der Waals surface area contributed by atoms with Gasteiger partial charge < -0.3 is 15.3 Å². The van der Waals surface area contributed by atoms with Crippen molar-refractivity contribution in [3.8, 4) is 17.2 Å². The summed E-state index contributed by atoms with van der Waals surface area (Å²) in [5.41, 5.74) is 5.92. The van der Waals surface area contributed by atoms with Crippen LogP contribution in [0.15, 0.2) is 84.9 Å². The predicted octanol–water partition coefficient (Wildman–Crippen LogP) is 6.62. The van der Waals surface area contributed by atoms with Gasteiger partial charge in [-0.25, -0.2) is 10.0 Å². The zero-order valence-corrected chi connectivity index (χ0v) is 18.3. The maximum absolute atomic E-state index is 10.3. The van der Waals surface area contributed by atoms with Gasteiger partial charge in [0.1, 0.15) is 17.2 Å². The summed E-state index contributed by atoms with van der Waals surface area (Å²) in [6, 6.07) is 25.5. The first-order valence-corrected chi connectivity index (χ1v) is 10.4. The summed E-state index contributed by atoms with van der Waals surface area (Å²) in [6.45, 7) is 5.92. The van der Waals surface area contributed by atoms with Crippen molar-refractivity contribution in [3.63, 3.8) is 0 Å². The first-order chi connectivity index (χ1) is 15.3. The van der Waals surface area contributed by atoms with Crippen LogP contribution in [0.5, 0.6) is 17.2 Å². The van der Waals surface area contributed by atoms with Crippen molar-refractivity contribution in [2.45, 2.75) is 20.8 Å². The number of aryl methyl sites for hydroxylation is 3. The lowest BCUT2D eigenvalue weighted by atomic mass is 10.1. The van der Waals surface area contributed by atoms with Crippen LogP contribution in [-0.4, -0.2) is 15.3 Å². The number of aromatic hydroxyl groups is 3. The number of phenolic OH excluding ortho intramolecular Hbond substituents is 3. The molecule has 162 valence electrons. The third kappa shape index (κ3) is 4.05. The summed E-state index contributed by atoms with van der Waals surface area (Å²) in [4.78, 5) is 0. The Morgan fingerprint density at radius 2 is 0.844 bits per heavy atom. The number of rotatable bonds is 5. The third-order valence-electron chi connectivity index (χ3n) is 5.46. The van der Waals surface area contributed by atoms with Crippen molar-refractivity contribution in [1.82, 2.24) is 0 Å². The minimum Gasteiger partial charge on any atom is -0.508 e. The van der Waals surface area contributed by atoms with Crippen LogP contribution in [0.1, 0.15) is 16.7 Å². The van der Waals surface area contributed by atoms with Crippen LogP contribution < -0.4 is 10.0 Å². The minimum absolute atomic E-state index is 0.133. The van der Waals surface area contributed by atoms with E-state index in [4.69, 9.17) is 0 Å². The number of phenols is 3. The van der Waals surface area contributed by atoms with Gasteiger partial charge in [-0.3, -0.25) is 0 Å². The van der Waals surface area contributed by atoms with Gasteiger partial charge in [0.25, 0.3) is 0 Å². The highest BCUT2D eigenvalue weighted by Crippen LogP contribution is 2.42. The molecule has 5 heteroatoms. The second kappa shape index (κ2) is 8.55. The van der Waals surface area contributed by atoms with Crippen LogP contribution in [0.2, 0.25) is 0 Å². The van der Waals surface area contributed by atoms with Gasteiger partial charge in [0.2, 0.25) is 0 Å². The number of benzene rings is 4. The lowest BCUT2D eigenvalue weighted by Crippen LogP contribution is -2.37. The van der Waals surface area contributed by atoms with E-state index in [0.717, 1.165) is 39.4 Å². The number of anilines is 4. The molecule has 0 aliphatic carbocycles. The topological polar surface area (TPSA) is 67.2 Å². The van der Waals surface area contributed by atoms with E-state index in [1.54, 1.807) is 36.4 Å². The van der Waals surface area contributed by atoms with Crippen LogP contribution in [0.25, 0.3) is 0 Å². The van der Waals surface area contributed by atoms with Crippen LogP contribution >= 0.6 is 0 Å². The van der Waals surface area contributed by atoms with E-state index in [1.165, 1.54) is 0 Å². The van der Waals surface area contributed by atoms with Crippen LogP contribution in [0, 0.1) is 20.8 Å². The Bertz CT molecular complexity index is 1200. The number of para-hydroxylation sites is 1. The number of nitrogens with zero attached hydrogens (tertiary/aromatic N) is 2. The molecule has 0 saturated carbocycles. The summed E-state index contributed by atoms with van der Waals surface area (Å²) < 4.78 is 0. The molecule has 0 spiro atoms. The predicted molar refractivity (Wildman–Crippen MR) is 129 cm³/mol. The summed E-state index contributed by atoms with van der Waals surface area (Å²) in [5, 5.41) is 35.0. The summed E-state index contributed by atoms with van der Waals surface area (Å²) >= 11 is 0. The summed E-state index contributed by atoms with van der Waals surface area (Å²) in [6.07, 6.45) is 0. The Morgan fingerprint density at radius 3 is 1.25 bits per heavy atom. The highest BCUT2D eigenvalue weighted by atomic mass is 16.3. The normalized spacial score (nSPS) is 10.7. The van der Waals surface area contributed by atoms with E-state index in [-0.39, 0.29) is 17.2 Å². The van der Waals surface area contributed by atoms with Gasteiger partial charge >= 0.3 is 0 Å². The fourth-order valence-electron chi connectivity index (χ4n) is 3.75. The molecule has 4 rings (SSSR count). The molecule has 0 unspecified atom stereocenters. The summed E-state index contributed by atoms with van der Waals surface area (Å²) in [7, 11) is 0. The van der Waals surface area contributed by atoms with Gasteiger partial charge in [0, 0.05) is 18.2 Å². The Morgan fingerprint density at radius 1 is 0.469 bits per heavy atom. The van der Waals surface area contributed by atoms with Gasteiger partial charge in [0.05, 0.1) is 22.7 Å². The Labute approximate surface area is 188 Å². The minimum atomic E-state index is 0.133. The van der Waals surface area contributed by atoms with Crippen molar-refractivity contribution in [2.24, 2.45) is 0 Å². The molecule has 3 N–H and O–H groups in total. The molecule has 0 aromatic heterocycles. The van der Waals surface area contributed by atoms with Crippen molar-refractivity contribution in [1.29, 1.82) is 0 Å². The maximum Gasteiger partial charge on any atom is 0.117 e. The highest BCUT2D eigenvalue weighted by molar-refractivity contribution is 5.82. The fraction of sp³-hybridized carbons (Fsp3) is 0.111. The molecule has 4 aromatic rings. The van der Waals surface area contributed by atoms with E-state index >= 15 is 0 Å². The van der Waals surface area contributed by atoms with Gasteiger partial charge in [-0.05, 0) is 67.8 Å². The number of hydrogen-bond acceptors (Lipinski definition) is 5. The highest BCUT2D eigenvalue weighted by Gasteiger charge is 2.26. The molecule has 5 nitrogen and oxygen atoms in total. The average molecular weight is 427 g/mol. The summed E-state index contributed by atoms with van der Waals surface area (Å²) in [5.74, 6) is 0.412. The maximum atomic E-state index is 10.3. The molecule has 32 heavy (non-hydrogen) atoms. The number of hydrogen-bond donors (Lipinski definition) is 3. The lowest BCUT2D eigenvalue weighted by molar-refractivity contribution is 0.474. The Hall–Kier alpha value is -4.12. The molecular weight excluding hydrogens is 400 g/mol. The zero-order valence-electron chi connectivity index (χ0n) is 18.3. The van der Waals surface area contributed by atoms with Gasteiger partial charge in [-0.1, -0.05) is 36.4 Å². The van der Waals surface area contributed by atoms with Crippen LogP contribution in [0.3, 0.4) is 0 Å². The van der Waals surface area contributed by atoms with Gasteiger partial charge in [-0.15, -0.1) is 0 Å². The molecule has 0 fully saturated rings. The standard InChI is InChI=1S/C27H26N2O3/c1-18-9-12-22(30)15-25(18)28(21-7-5-4-6-8-21)29(26-16-23(31)13-10-19(26)2)27-17-24(32)14-11-20(27)3/h4-17,30-32H,1-3H3. The SMILES string of the molecule is Cc1ccc(O)cc1N(c1ccccc1)N(c1cc(O)ccc1C)c1cc(O)ccc1C. The first-order valence-electron chi connectivity index (χ1n) is 10.4. The molecular formula is C27H26N2O3. The smallest absolute Gasteiger partial charge is 0.117 e. The Kier molecular flexibility index (Phi) is 5.65. The molecule has 0 radical (unpaired) electrons. The fourth-order valence-corrected chi connectivity index (χ4v) is 3.75. The molecule has 4 aromatic carbocycles. The van der Waals surface area contributed by atoms with Crippen molar-refractivity contribution in [3.05, 3.63) is 102 Å². The van der Waals surface area contributed by atoms with Gasteiger partial charge in [0.15, 0.2) is 0 Å². The zero-order chi connectivity index (χ0) is 22.8.